The van der Waals surface area contributed by atoms with Crippen molar-refractivity contribution in [3.63, 3.8) is 0 Å². The van der Waals surface area contributed by atoms with Crippen molar-refractivity contribution in [3.8, 4) is 5.75 Å². The van der Waals surface area contributed by atoms with Crippen molar-refractivity contribution in [2.45, 2.75) is 0 Å². The van der Waals surface area contributed by atoms with E-state index in [1.54, 1.807) is 12.1 Å². The van der Waals surface area contributed by atoms with Crippen LogP contribution in [-0.2, 0) is 4.79 Å². The number of carboxylic acid groups (broad SMARTS) is 1. The summed E-state index contributed by atoms with van der Waals surface area (Å²) in [5, 5.41) is 20.7. The smallest absolute Gasteiger partial charge is 0.337 e. The van der Waals surface area contributed by atoms with E-state index in [-0.39, 0.29) is 17.0 Å². The predicted octanol–water partition coefficient (Wildman–Crippen LogP) is 2.34. The SMILES string of the molecule is O=C(C=Cc1ccco1)Nc1ccc(O)cc1C(=O)O. The Hall–Kier alpha value is -3.02. The third kappa shape index (κ3) is 3.26. The van der Waals surface area contributed by atoms with Crippen LogP contribution in [0.5, 0.6) is 5.75 Å². The molecule has 0 saturated carbocycles. The first-order valence-corrected chi connectivity index (χ1v) is 5.65. The fourth-order valence-corrected chi connectivity index (χ4v) is 1.54. The van der Waals surface area contributed by atoms with E-state index in [1.165, 1.54) is 30.5 Å². The first kappa shape index (κ1) is 13.4. The predicted molar refractivity (Wildman–Crippen MR) is 71.4 cm³/mol. The van der Waals surface area contributed by atoms with Crippen molar-refractivity contribution in [1.82, 2.24) is 0 Å². The van der Waals surface area contributed by atoms with Gasteiger partial charge in [0.1, 0.15) is 11.5 Å². The zero-order valence-electron chi connectivity index (χ0n) is 10.2. The molecule has 0 aliphatic rings. The number of aromatic hydroxyl groups is 1. The number of hydrogen-bond donors (Lipinski definition) is 3. The number of aromatic carboxylic acids is 1. The maximum Gasteiger partial charge on any atom is 0.337 e. The van der Waals surface area contributed by atoms with Crippen molar-refractivity contribution in [3.05, 3.63) is 54.0 Å². The number of nitrogens with one attached hydrogen (secondary N) is 1. The lowest BCUT2D eigenvalue weighted by atomic mass is 10.1. The van der Waals surface area contributed by atoms with Crippen LogP contribution in [0.2, 0.25) is 0 Å². The molecule has 0 aliphatic carbocycles. The van der Waals surface area contributed by atoms with Gasteiger partial charge in [0.15, 0.2) is 0 Å². The van der Waals surface area contributed by atoms with Crippen LogP contribution in [0.3, 0.4) is 0 Å². The minimum atomic E-state index is -1.24. The molecule has 20 heavy (non-hydrogen) atoms. The van der Waals surface area contributed by atoms with Gasteiger partial charge in [-0.25, -0.2) is 4.79 Å². The molecular formula is C14H11NO5. The highest BCUT2D eigenvalue weighted by molar-refractivity contribution is 6.06. The molecule has 0 aliphatic heterocycles. The Balaban J connectivity index is 2.13. The fourth-order valence-electron chi connectivity index (χ4n) is 1.54. The topological polar surface area (TPSA) is 99.8 Å². The van der Waals surface area contributed by atoms with Crippen LogP contribution < -0.4 is 5.32 Å². The van der Waals surface area contributed by atoms with Crippen molar-refractivity contribution in [1.29, 1.82) is 0 Å². The highest BCUT2D eigenvalue weighted by Crippen LogP contribution is 2.21. The highest BCUT2D eigenvalue weighted by Gasteiger charge is 2.12. The summed E-state index contributed by atoms with van der Waals surface area (Å²) in [6.45, 7) is 0. The Bertz CT molecular complexity index is 658. The second-order valence-electron chi connectivity index (χ2n) is 3.87. The van der Waals surface area contributed by atoms with E-state index in [0.29, 0.717) is 5.76 Å². The van der Waals surface area contributed by atoms with Crippen molar-refractivity contribution in [2.24, 2.45) is 0 Å². The molecule has 0 fully saturated rings. The Kier molecular flexibility index (Phi) is 3.85. The van der Waals surface area contributed by atoms with Gasteiger partial charge in [0.25, 0.3) is 0 Å². The molecule has 2 rings (SSSR count). The van der Waals surface area contributed by atoms with E-state index < -0.39 is 11.9 Å². The van der Waals surface area contributed by atoms with Gasteiger partial charge in [-0.05, 0) is 36.4 Å². The Labute approximate surface area is 114 Å². The molecule has 0 unspecified atom stereocenters. The molecule has 0 saturated heterocycles. The maximum absolute atomic E-state index is 11.7. The summed E-state index contributed by atoms with van der Waals surface area (Å²) in [5.74, 6) is -1.43. The van der Waals surface area contributed by atoms with Gasteiger partial charge in [0.2, 0.25) is 5.91 Å². The monoisotopic (exact) mass is 273 g/mol. The first-order chi connectivity index (χ1) is 9.56. The van der Waals surface area contributed by atoms with E-state index in [4.69, 9.17) is 9.52 Å². The molecule has 0 atom stereocenters. The number of rotatable bonds is 4. The van der Waals surface area contributed by atoms with Gasteiger partial charge >= 0.3 is 5.97 Å². The molecule has 1 heterocycles. The molecule has 1 aromatic heterocycles. The molecule has 0 bridgehead atoms. The average Bonchev–Trinajstić information content (AvgIpc) is 2.91. The van der Waals surface area contributed by atoms with Crippen molar-refractivity contribution >= 4 is 23.6 Å². The van der Waals surface area contributed by atoms with E-state index in [2.05, 4.69) is 5.32 Å². The van der Waals surface area contributed by atoms with Crippen LogP contribution >= 0.6 is 0 Å². The zero-order valence-corrected chi connectivity index (χ0v) is 10.2. The first-order valence-electron chi connectivity index (χ1n) is 5.65. The summed E-state index contributed by atoms with van der Waals surface area (Å²) >= 11 is 0. The summed E-state index contributed by atoms with van der Waals surface area (Å²) < 4.78 is 5.02. The van der Waals surface area contributed by atoms with Gasteiger partial charge in [-0.1, -0.05) is 0 Å². The van der Waals surface area contributed by atoms with Gasteiger partial charge in [-0.15, -0.1) is 0 Å². The summed E-state index contributed by atoms with van der Waals surface area (Å²) in [4.78, 5) is 22.7. The summed E-state index contributed by atoms with van der Waals surface area (Å²) in [7, 11) is 0. The number of phenolic OH excluding ortho intramolecular Hbond substituents is 1. The van der Waals surface area contributed by atoms with Gasteiger partial charge in [0.05, 0.1) is 17.5 Å². The lowest BCUT2D eigenvalue weighted by Gasteiger charge is -2.06. The number of carbonyl (C=O) groups excluding carboxylic acids is 1. The number of amides is 1. The number of hydrogen-bond acceptors (Lipinski definition) is 4. The van der Waals surface area contributed by atoms with Crippen LogP contribution in [0.25, 0.3) is 6.08 Å². The van der Waals surface area contributed by atoms with Crippen LogP contribution in [-0.4, -0.2) is 22.1 Å². The number of carboxylic acids is 1. The molecule has 0 spiro atoms. The minimum Gasteiger partial charge on any atom is -0.508 e. The summed E-state index contributed by atoms with van der Waals surface area (Å²) in [5.41, 5.74) is -0.0888. The van der Waals surface area contributed by atoms with E-state index in [9.17, 15) is 14.7 Å². The average molecular weight is 273 g/mol. The number of benzene rings is 1. The van der Waals surface area contributed by atoms with E-state index >= 15 is 0 Å². The molecule has 102 valence electrons. The minimum absolute atomic E-state index is 0.101. The summed E-state index contributed by atoms with van der Waals surface area (Å²) in [6, 6.07) is 7.02. The van der Waals surface area contributed by atoms with Crippen LogP contribution in [0.4, 0.5) is 5.69 Å². The number of anilines is 1. The van der Waals surface area contributed by atoms with Gasteiger partial charge in [-0.3, -0.25) is 4.79 Å². The fraction of sp³-hybridized carbons (Fsp3) is 0. The van der Waals surface area contributed by atoms with E-state index in [0.717, 1.165) is 6.07 Å². The summed E-state index contributed by atoms with van der Waals surface area (Å²) in [6.07, 6.45) is 4.15. The quantitative estimate of drug-likeness (QED) is 0.586. The molecular weight excluding hydrogens is 262 g/mol. The van der Waals surface area contributed by atoms with Crippen molar-refractivity contribution < 1.29 is 24.2 Å². The second-order valence-corrected chi connectivity index (χ2v) is 3.87. The van der Waals surface area contributed by atoms with Crippen LogP contribution in [0.15, 0.2) is 47.1 Å². The van der Waals surface area contributed by atoms with Crippen LogP contribution in [0.1, 0.15) is 16.1 Å². The third-order valence-corrected chi connectivity index (χ3v) is 2.43. The lowest BCUT2D eigenvalue weighted by Crippen LogP contribution is -2.11. The second kappa shape index (κ2) is 5.75. The van der Waals surface area contributed by atoms with Crippen molar-refractivity contribution in [2.75, 3.05) is 5.32 Å². The standard InChI is InChI=1S/C14H11NO5/c16-9-3-5-12(11(8-9)14(18)19)15-13(17)6-4-10-2-1-7-20-10/h1-8,16H,(H,15,17)(H,18,19). The Morgan fingerprint density at radius 2 is 2.05 bits per heavy atom. The van der Waals surface area contributed by atoms with Gasteiger partial charge < -0.3 is 19.9 Å². The molecule has 0 radical (unpaired) electrons. The largest absolute Gasteiger partial charge is 0.508 e. The Morgan fingerprint density at radius 3 is 2.70 bits per heavy atom. The molecule has 6 nitrogen and oxygen atoms in total. The molecule has 1 aromatic carbocycles. The molecule has 6 heteroatoms. The molecule has 1 amide bonds. The lowest BCUT2D eigenvalue weighted by molar-refractivity contribution is -0.111. The van der Waals surface area contributed by atoms with Gasteiger partial charge in [0, 0.05) is 6.08 Å². The number of phenols is 1. The number of carbonyl (C=O) groups is 2. The van der Waals surface area contributed by atoms with Crippen LogP contribution in [0, 0.1) is 0 Å². The number of furan rings is 1. The normalized spacial score (nSPS) is 10.6. The maximum atomic E-state index is 11.7. The highest BCUT2D eigenvalue weighted by atomic mass is 16.4. The zero-order chi connectivity index (χ0) is 14.5. The van der Waals surface area contributed by atoms with Gasteiger partial charge in [-0.2, -0.15) is 0 Å². The third-order valence-electron chi connectivity index (χ3n) is 2.43. The molecule has 3 N–H and O–H groups in total. The van der Waals surface area contributed by atoms with E-state index in [1.807, 2.05) is 0 Å². The Morgan fingerprint density at radius 1 is 1.25 bits per heavy atom. The molecule has 2 aromatic rings.